The first kappa shape index (κ1) is 51.4. The number of phenols is 6. The van der Waals surface area contributed by atoms with Crippen LogP contribution in [0.2, 0.25) is 0 Å². The SMILES string of the molecule is O=c1cc(-c2ccc(O)cc2)oc2c([C@@H]3O[C@H](CO)[C@@H](O)[C@H](O)[C@H]3OS(=O)(=O)O)c(O)cc(O)c12.O=c1cc(-c2ccc(O)cc2)oc2cc(O)c([C@@H]3O[C@H](CO)[C@@H](O)[C@H](O)[C@H]3OS(=O)(=O)O)c(O)c12. The van der Waals surface area contributed by atoms with Crippen LogP contribution in [-0.2, 0) is 38.6 Å². The molecule has 6 aromatic rings. The molecule has 0 bridgehead atoms. The lowest BCUT2D eigenvalue weighted by Gasteiger charge is -2.41. The molecule has 0 amide bonds. The molecule has 2 fully saturated rings. The Morgan fingerprint density at radius 1 is 0.514 bits per heavy atom. The van der Waals surface area contributed by atoms with Gasteiger partial charge < -0.3 is 79.6 Å². The summed E-state index contributed by atoms with van der Waals surface area (Å²) < 4.78 is 95.1. The number of benzene rings is 4. The van der Waals surface area contributed by atoms with Gasteiger partial charge in [0.05, 0.1) is 24.3 Å². The molecule has 0 spiro atoms. The van der Waals surface area contributed by atoms with E-state index in [1.54, 1.807) is 0 Å². The van der Waals surface area contributed by atoms with Crippen LogP contribution in [-0.4, -0.2) is 149 Å². The number of hydrogen-bond donors (Lipinski definition) is 14. The van der Waals surface area contributed by atoms with Gasteiger partial charge in [0.25, 0.3) is 0 Å². The van der Waals surface area contributed by atoms with E-state index in [0.29, 0.717) is 11.1 Å². The molecule has 4 aromatic carbocycles. The van der Waals surface area contributed by atoms with E-state index in [1.807, 2.05) is 0 Å². The summed E-state index contributed by atoms with van der Waals surface area (Å²) in [5, 5.41) is 121. The van der Waals surface area contributed by atoms with E-state index in [0.717, 1.165) is 24.3 Å². The van der Waals surface area contributed by atoms with Crippen molar-refractivity contribution < 1.29 is 114 Å². The van der Waals surface area contributed by atoms with Gasteiger partial charge in [-0.25, -0.2) is 8.37 Å². The van der Waals surface area contributed by atoms with Crippen molar-refractivity contribution in [3.8, 4) is 57.1 Å². The van der Waals surface area contributed by atoms with Gasteiger partial charge in [-0.05, 0) is 48.5 Å². The quantitative estimate of drug-likeness (QED) is 0.0793. The maximum absolute atomic E-state index is 12.9. The monoisotopic (exact) mass is 1020 g/mol. The largest absolute Gasteiger partial charge is 0.508 e. The number of phenolic OH excluding ortho intramolecular Hbond substituents is 6. The summed E-state index contributed by atoms with van der Waals surface area (Å²) in [5.74, 6) is -3.33. The molecule has 70 heavy (non-hydrogen) atoms. The van der Waals surface area contributed by atoms with Crippen molar-refractivity contribution in [2.24, 2.45) is 0 Å². The number of aliphatic hydroxyl groups excluding tert-OH is 6. The topological polar surface area (TPSA) is 449 Å². The minimum atomic E-state index is -5.24. The molecule has 376 valence electrons. The number of aromatic hydroxyl groups is 6. The number of fused-ring (bicyclic) bond motifs is 2. The number of ether oxygens (including phenoxy) is 2. The van der Waals surface area contributed by atoms with Crippen LogP contribution < -0.4 is 10.9 Å². The third-order valence-corrected chi connectivity index (χ3v) is 12.0. The molecule has 0 saturated carbocycles. The predicted molar refractivity (Wildman–Crippen MR) is 232 cm³/mol. The second-order valence-corrected chi connectivity index (χ2v) is 17.7. The molecule has 2 saturated heterocycles. The van der Waals surface area contributed by atoms with Gasteiger partial charge in [0.15, 0.2) is 16.4 Å². The lowest BCUT2D eigenvalue weighted by molar-refractivity contribution is -0.226. The Kier molecular flexibility index (Phi) is 14.5. The first-order valence-electron chi connectivity index (χ1n) is 20.0. The van der Waals surface area contributed by atoms with Crippen molar-refractivity contribution in [2.45, 2.75) is 61.0 Å². The van der Waals surface area contributed by atoms with Crippen LogP contribution in [0.15, 0.2) is 91.2 Å². The molecule has 4 heterocycles. The van der Waals surface area contributed by atoms with E-state index in [2.05, 4.69) is 8.37 Å². The van der Waals surface area contributed by atoms with Gasteiger partial charge >= 0.3 is 20.8 Å². The summed E-state index contributed by atoms with van der Waals surface area (Å²) in [6.45, 7) is -1.71. The van der Waals surface area contributed by atoms with Crippen molar-refractivity contribution in [3.63, 3.8) is 0 Å². The highest BCUT2D eigenvalue weighted by Crippen LogP contribution is 2.47. The van der Waals surface area contributed by atoms with Crippen molar-refractivity contribution >= 4 is 42.7 Å². The number of hydrogen-bond acceptors (Lipinski definition) is 24. The van der Waals surface area contributed by atoms with Crippen LogP contribution in [0.5, 0.6) is 34.5 Å². The van der Waals surface area contributed by atoms with E-state index in [9.17, 15) is 92.3 Å². The Morgan fingerprint density at radius 2 is 0.929 bits per heavy atom. The average molecular weight is 1020 g/mol. The zero-order chi connectivity index (χ0) is 51.3. The molecular formula is C42H40O26S2. The molecule has 28 heteroatoms. The second-order valence-electron chi connectivity index (χ2n) is 15.6. The highest BCUT2D eigenvalue weighted by molar-refractivity contribution is 7.81. The highest BCUT2D eigenvalue weighted by atomic mass is 32.3. The smallest absolute Gasteiger partial charge is 0.397 e. The van der Waals surface area contributed by atoms with Gasteiger partial charge in [0.2, 0.25) is 0 Å². The first-order chi connectivity index (χ1) is 32.8. The van der Waals surface area contributed by atoms with Crippen LogP contribution in [0.1, 0.15) is 23.3 Å². The zero-order valence-electron chi connectivity index (χ0n) is 35.1. The van der Waals surface area contributed by atoms with Crippen molar-refractivity contribution in [3.05, 3.63) is 104 Å². The van der Waals surface area contributed by atoms with Crippen LogP contribution in [0.4, 0.5) is 0 Å². The molecule has 0 unspecified atom stereocenters. The van der Waals surface area contributed by atoms with E-state index >= 15 is 0 Å². The van der Waals surface area contributed by atoms with Crippen LogP contribution in [0, 0.1) is 0 Å². The summed E-state index contributed by atoms with van der Waals surface area (Å²) in [5.41, 5.74) is -2.74. The zero-order valence-corrected chi connectivity index (χ0v) is 36.7. The summed E-state index contributed by atoms with van der Waals surface area (Å²) in [7, 11) is -10.5. The molecule has 0 radical (unpaired) electrons. The van der Waals surface area contributed by atoms with E-state index in [-0.39, 0.29) is 28.6 Å². The van der Waals surface area contributed by atoms with Crippen LogP contribution in [0.25, 0.3) is 44.6 Å². The van der Waals surface area contributed by atoms with Crippen LogP contribution >= 0.6 is 0 Å². The Bertz CT molecular complexity index is 3250. The fourth-order valence-electron chi connectivity index (χ4n) is 7.86. The lowest BCUT2D eigenvalue weighted by atomic mass is 9.89. The molecule has 2 aliphatic rings. The Hall–Kier alpha value is -6.48. The fourth-order valence-corrected chi connectivity index (χ4v) is 8.85. The van der Waals surface area contributed by atoms with Gasteiger partial charge in [-0.3, -0.25) is 18.7 Å². The van der Waals surface area contributed by atoms with E-state index < -0.39 is 156 Å². The summed E-state index contributed by atoms with van der Waals surface area (Å²) in [4.78, 5) is 25.7. The molecule has 10 atom stereocenters. The minimum absolute atomic E-state index is 0.0283. The molecule has 2 aromatic heterocycles. The van der Waals surface area contributed by atoms with Gasteiger partial charge in [-0.1, -0.05) is 0 Å². The molecule has 8 rings (SSSR count). The van der Waals surface area contributed by atoms with Crippen LogP contribution in [0.3, 0.4) is 0 Å². The fraction of sp³-hybridized carbons (Fsp3) is 0.286. The predicted octanol–water partition coefficient (Wildman–Crippen LogP) is -0.162. The normalized spacial score (nSPS) is 25.1. The second kappa shape index (κ2) is 19.7. The van der Waals surface area contributed by atoms with Crippen molar-refractivity contribution in [1.82, 2.24) is 0 Å². The van der Waals surface area contributed by atoms with Gasteiger partial charge in [0, 0.05) is 35.4 Å². The van der Waals surface area contributed by atoms with Gasteiger partial charge in [-0.15, -0.1) is 0 Å². The molecular weight excluding hydrogens is 985 g/mol. The minimum Gasteiger partial charge on any atom is -0.508 e. The third-order valence-electron chi connectivity index (χ3n) is 11.1. The lowest BCUT2D eigenvalue weighted by Crippen LogP contribution is -2.56. The summed E-state index contributed by atoms with van der Waals surface area (Å²) >= 11 is 0. The van der Waals surface area contributed by atoms with Crippen molar-refractivity contribution in [1.29, 1.82) is 0 Å². The first-order valence-corrected chi connectivity index (χ1v) is 22.8. The Balaban J connectivity index is 0.000000206. The number of aliphatic hydroxyl groups is 6. The highest BCUT2D eigenvalue weighted by Gasteiger charge is 2.51. The molecule has 14 N–H and O–H groups in total. The van der Waals surface area contributed by atoms with Crippen molar-refractivity contribution in [2.75, 3.05) is 13.2 Å². The molecule has 0 aliphatic carbocycles. The average Bonchev–Trinajstić information content (AvgIpc) is 3.27. The summed E-state index contributed by atoms with van der Waals surface area (Å²) in [6, 6.07) is 14.8. The summed E-state index contributed by atoms with van der Waals surface area (Å²) in [6.07, 6.45) is -18.8. The number of rotatable bonds is 10. The van der Waals surface area contributed by atoms with E-state index in [1.165, 1.54) is 48.5 Å². The maximum Gasteiger partial charge on any atom is 0.397 e. The Labute approximate surface area is 391 Å². The Morgan fingerprint density at radius 3 is 1.37 bits per heavy atom. The molecule has 26 nitrogen and oxygen atoms in total. The van der Waals surface area contributed by atoms with E-state index in [4.69, 9.17) is 22.9 Å². The molecule has 2 aliphatic heterocycles. The van der Waals surface area contributed by atoms with Gasteiger partial charge in [0.1, 0.15) is 123 Å². The third kappa shape index (κ3) is 10.4. The maximum atomic E-state index is 12.9. The van der Waals surface area contributed by atoms with Gasteiger partial charge in [-0.2, -0.15) is 16.8 Å². The standard InChI is InChI=1S/2C21H20O13S/c22-7-14-17(26)19(28)21(34-35(29,30)31)20(33-14)16-11(25)6-13-15(18(16)27)10(24)5-12(32-13)8-1-3-9(23)4-2-8;22-7-14-17(27)18(28)21(34-35(29,30)31)20(33-14)16-11(25)5-10(24)15-12(26)6-13(32-19(15)16)8-1-3-9(23)4-2-8/h1-6,14,17,19-23,25-28H,7H2,(H,29,30,31);1-6,14,17-18,20-25,27-28H,7H2,(H,29,30,31)/t14-,17-,19+,20+,21-;14-,17-,18+,20+,21-/m11/s1.